The van der Waals surface area contributed by atoms with Crippen LogP contribution in [0.3, 0.4) is 0 Å². The molecule has 0 amide bonds. The molecule has 0 aliphatic heterocycles. The van der Waals surface area contributed by atoms with Crippen LogP contribution < -0.4 is 0 Å². The van der Waals surface area contributed by atoms with Crippen molar-refractivity contribution in [2.45, 2.75) is 38.4 Å². The molecular weight excluding hydrogens is 251 g/mol. The number of rotatable bonds is 4. The van der Waals surface area contributed by atoms with E-state index in [9.17, 15) is 18.0 Å². The number of hydrogen-bond donors (Lipinski definition) is 1. The highest BCUT2D eigenvalue weighted by Crippen LogP contribution is 2.36. The number of aromatic carboxylic acids is 1. The molecule has 1 aliphatic carbocycles. The third-order valence-electron chi connectivity index (χ3n) is 3.01. The fourth-order valence-corrected chi connectivity index (χ4v) is 1.71. The number of nitrogens with zero attached hydrogens (tertiary/aromatic N) is 3. The van der Waals surface area contributed by atoms with Gasteiger partial charge in [0.15, 0.2) is 5.69 Å². The smallest absolute Gasteiger partial charge is 0.410 e. The van der Waals surface area contributed by atoms with Gasteiger partial charge in [-0.05, 0) is 32.1 Å². The number of carboxylic acids is 1. The lowest BCUT2D eigenvalue weighted by molar-refractivity contribution is -0.166. The number of carboxylic acid groups (broad SMARTS) is 1. The van der Waals surface area contributed by atoms with E-state index in [2.05, 4.69) is 10.3 Å². The van der Waals surface area contributed by atoms with Gasteiger partial charge in [-0.2, -0.15) is 13.2 Å². The molecule has 1 unspecified atom stereocenters. The molecule has 1 aromatic rings. The largest absolute Gasteiger partial charge is 0.476 e. The Kier molecular flexibility index (Phi) is 3.04. The number of halogens is 3. The zero-order valence-corrected chi connectivity index (χ0v) is 9.61. The lowest BCUT2D eigenvalue weighted by atomic mass is 10.1. The summed E-state index contributed by atoms with van der Waals surface area (Å²) >= 11 is 0. The van der Waals surface area contributed by atoms with E-state index in [-0.39, 0.29) is 23.7 Å². The van der Waals surface area contributed by atoms with E-state index in [1.54, 1.807) is 0 Å². The summed E-state index contributed by atoms with van der Waals surface area (Å²) in [6.07, 6.45) is -2.37. The number of aromatic nitrogens is 3. The van der Waals surface area contributed by atoms with Gasteiger partial charge in [0.2, 0.25) is 0 Å². The molecule has 2 rings (SSSR count). The Balaban J connectivity index is 2.36. The fraction of sp³-hybridized carbons (Fsp3) is 0.700. The first-order valence-electron chi connectivity index (χ1n) is 5.54. The van der Waals surface area contributed by atoms with E-state index in [1.165, 1.54) is 0 Å². The topological polar surface area (TPSA) is 68.0 Å². The van der Waals surface area contributed by atoms with Crippen LogP contribution in [0.5, 0.6) is 0 Å². The van der Waals surface area contributed by atoms with Crippen molar-refractivity contribution in [3.05, 3.63) is 11.4 Å². The van der Waals surface area contributed by atoms with Crippen molar-refractivity contribution < 1.29 is 23.1 Å². The average molecular weight is 263 g/mol. The predicted molar refractivity (Wildman–Crippen MR) is 54.2 cm³/mol. The van der Waals surface area contributed by atoms with Gasteiger partial charge in [-0.3, -0.25) is 0 Å². The maximum absolute atomic E-state index is 12.6. The van der Waals surface area contributed by atoms with Gasteiger partial charge in [-0.1, -0.05) is 5.21 Å². The van der Waals surface area contributed by atoms with Crippen molar-refractivity contribution in [2.24, 2.45) is 5.92 Å². The molecule has 0 bridgehead atoms. The summed E-state index contributed by atoms with van der Waals surface area (Å²) in [4.78, 5) is 10.9. The van der Waals surface area contributed by atoms with Gasteiger partial charge < -0.3 is 5.11 Å². The van der Waals surface area contributed by atoms with Crippen LogP contribution in [0.1, 0.15) is 42.0 Å². The van der Waals surface area contributed by atoms with Crippen LogP contribution in [0.25, 0.3) is 0 Å². The van der Waals surface area contributed by atoms with Crippen LogP contribution in [-0.2, 0) is 6.42 Å². The molecule has 0 aromatic carbocycles. The zero-order chi connectivity index (χ0) is 13.5. The fourth-order valence-electron chi connectivity index (χ4n) is 1.71. The second-order valence-corrected chi connectivity index (χ2v) is 4.50. The van der Waals surface area contributed by atoms with Gasteiger partial charge in [-0.25, -0.2) is 9.48 Å². The monoisotopic (exact) mass is 263 g/mol. The van der Waals surface area contributed by atoms with Crippen molar-refractivity contribution in [1.29, 1.82) is 0 Å². The first-order chi connectivity index (χ1) is 8.30. The highest BCUT2D eigenvalue weighted by molar-refractivity contribution is 5.86. The Morgan fingerprint density at radius 1 is 1.56 bits per heavy atom. The number of alkyl halides is 3. The molecule has 1 aliphatic rings. The molecule has 0 spiro atoms. The first-order valence-corrected chi connectivity index (χ1v) is 5.54. The molecule has 0 saturated heterocycles. The maximum atomic E-state index is 12.6. The highest BCUT2D eigenvalue weighted by Gasteiger charge is 2.41. The van der Waals surface area contributed by atoms with E-state index in [0.29, 0.717) is 4.68 Å². The summed E-state index contributed by atoms with van der Waals surface area (Å²) in [5.74, 6) is -1.09. The minimum absolute atomic E-state index is 0.0647. The summed E-state index contributed by atoms with van der Waals surface area (Å²) in [5, 5.41) is 15.6. The highest BCUT2D eigenvalue weighted by atomic mass is 19.4. The van der Waals surface area contributed by atoms with Crippen molar-refractivity contribution >= 4 is 5.97 Å². The number of carbonyl (C=O) groups is 1. The second-order valence-electron chi connectivity index (χ2n) is 4.50. The molecule has 8 heteroatoms. The third kappa shape index (κ3) is 2.46. The Bertz CT molecular complexity index is 465. The minimum atomic E-state index is -4.47. The SMILES string of the molecule is CC(n1nnc(C(=O)O)c1CC1CC1)C(F)(F)F. The Morgan fingerprint density at radius 3 is 2.61 bits per heavy atom. The summed E-state index contributed by atoms with van der Waals surface area (Å²) < 4.78 is 38.6. The van der Waals surface area contributed by atoms with Crippen molar-refractivity contribution in [1.82, 2.24) is 15.0 Å². The van der Waals surface area contributed by atoms with Gasteiger partial charge in [0.25, 0.3) is 0 Å². The third-order valence-corrected chi connectivity index (χ3v) is 3.01. The van der Waals surface area contributed by atoms with Crippen LogP contribution in [0.15, 0.2) is 0 Å². The second kappa shape index (κ2) is 4.25. The Hall–Kier alpha value is -1.60. The van der Waals surface area contributed by atoms with Gasteiger partial charge in [0.1, 0.15) is 6.04 Å². The summed E-state index contributed by atoms with van der Waals surface area (Å²) in [6, 6.07) is -1.87. The van der Waals surface area contributed by atoms with Crippen molar-refractivity contribution in [2.75, 3.05) is 0 Å². The molecule has 1 fully saturated rings. The molecule has 1 aromatic heterocycles. The van der Waals surface area contributed by atoms with Gasteiger partial charge in [0.05, 0.1) is 5.69 Å². The summed E-state index contributed by atoms with van der Waals surface area (Å²) in [7, 11) is 0. The Labute approximate surface area is 101 Å². The zero-order valence-electron chi connectivity index (χ0n) is 9.61. The molecule has 5 nitrogen and oxygen atoms in total. The standard InChI is InChI=1S/C10H12F3N3O2/c1-5(10(11,12)13)16-7(4-6-2-3-6)8(9(17)18)14-15-16/h5-6H,2-4H2,1H3,(H,17,18). The molecule has 0 radical (unpaired) electrons. The molecule has 1 saturated carbocycles. The average Bonchev–Trinajstić information content (AvgIpc) is 2.94. The first kappa shape index (κ1) is 12.8. The lowest BCUT2D eigenvalue weighted by Gasteiger charge is -2.17. The van der Waals surface area contributed by atoms with Gasteiger partial charge >= 0.3 is 12.1 Å². The van der Waals surface area contributed by atoms with Crippen LogP contribution in [0, 0.1) is 5.92 Å². The molecule has 1 heterocycles. The molecule has 18 heavy (non-hydrogen) atoms. The van der Waals surface area contributed by atoms with Gasteiger partial charge in [-0.15, -0.1) is 5.10 Å². The van der Waals surface area contributed by atoms with Crippen molar-refractivity contribution in [3.8, 4) is 0 Å². The normalized spacial score (nSPS) is 17.8. The van der Waals surface area contributed by atoms with Crippen LogP contribution in [-0.4, -0.2) is 32.2 Å². The van der Waals surface area contributed by atoms with E-state index >= 15 is 0 Å². The molecule has 1 atom stereocenters. The predicted octanol–water partition coefficient (Wildman–Crippen LogP) is 2.05. The molecule has 100 valence electrons. The summed E-state index contributed by atoms with van der Waals surface area (Å²) in [5.41, 5.74) is -0.312. The Morgan fingerprint density at radius 2 is 2.17 bits per heavy atom. The minimum Gasteiger partial charge on any atom is -0.476 e. The van der Waals surface area contributed by atoms with E-state index in [0.717, 1.165) is 19.8 Å². The van der Waals surface area contributed by atoms with E-state index in [4.69, 9.17) is 5.11 Å². The molecule has 1 N–H and O–H groups in total. The molecular formula is C10H12F3N3O2. The number of hydrogen-bond acceptors (Lipinski definition) is 3. The van der Waals surface area contributed by atoms with E-state index in [1.807, 2.05) is 0 Å². The van der Waals surface area contributed by atoms with Crippen LogP contribution in [0.2, 0.25) is 0 Å². The van der Waals surface area contributed by atoms with Crippen LogP contribution >= 0.6 is 0 Å². The summed E-state index contributed by atoms with van der Waals surface area (Å²) in [6.45, 7) is 0.941. The maximum Gasteiger partial charge on any atom is 0.410 e. The van der Waals surface area contributed by atoms with Crippen molar-refractivity contribution in [3.63, 3.8) is 0 Å². The lowest BCUT2D eigenvalue weighted by Crippen LogP contribution is -2.26. The van der Waals surface area contributed by atoms with Crippen LogP contribution in [0.4, 0.5) is 13.2 Å². The van der Waals surface area contributed by atoms with Gasteiger partial charge in [0, 0.05) is 0 Å². The quantitative estimate of drug-likeness (QED) is 0.902. The van der Waals surface area contributed by atoms with E-state index < -0.39 is 18.2 Å².